The van der Waals surface area contributed by atoms with Gasteiger partial charge in [0, 0.05) is 26.2 Å². The van der Waals surface area contributed by atoms with E-state index in [2.05, 4.69) is 5.10 Å². The second kappa shape index (κ2) is 5.46. The van der Waals surface area contributed by atoms with E-state index in [1.165, 1.54) is 4.31 Å². The number of aromatic nitrogens is 2. The van der Waals surface area contributed by atoms with Gasteiger partial charge in [-0.15, -0.1) is 0 Å². The molecule has 114 valence electrons. The smallest absolute Gasteiger partial charge is 0.246 e. The SMILES string of the molecule is Cc1nn(C)c(C)c1S(=O)(=O)N(C)C1CCC(N)CC1. The Balaban J connectivity index is 2.30. The van der Waals surface area contributed by atoms with Crippen molar-refractivity contribution in [3.05, 3.63) is 11.4 Å². The first-order valence-corrected chi connectivity index (χ1v) is 8.43. The molecular formula is C13H24N4O2S. The maximum Gasteiger partial charge on any atom is 0.246 e. The van der Waals surface area contributed by atoms with E-state index in [-0.39, 0.29) is 12.1 Å². The third-order valence-corrected chi connectivity index (χ3v) is 6.50. The summed E-state index contributed by atoms with van der Waals surface area (Å²) in [6.07, 6.45) is 3.43. The molecule has 0 aromatic carbocycles. The fraction of sp³-hybridized carbons (Fsp3) is 0.769. The topological polar surface area (TPSA) is 81.2 Å². The van der Waals surface area contributed by atoms with Gasteiger partial charge in [-0.1, -0.05) is 0 Å². The molecule has 0 bridgehead atoms. The highest BCUT2D eigenvalue weighted by molar-refractivity contribution is 7.89. The van der Waals surface area contributed by atoms with E-state index in [0.717, 1.165) is 25.7 Å². The summed E-state index contributed by atoms with van der Waals surface area (Å²) in [7, 11) is -0.0532. The van der Waals surface area contributed by atoms with Gasteiger partial charge in [-0.3, -0.25) is 4.68 Å². The molecule has 0 atom stereocenters. The summed E-state index contributed by atoms with van der Waals surface area (Å²) >= 11 is 0. The van der Waals surface area contributed by atoms with Gasteiger partial charge in [0.1, 0.15) is 4.90 Å². The highest BCUT2D eigenvalue weighted by Gasteiger charge is 2.34. The zero-order valence-corrected chi connectivity index (χ0v) is 13.4. The zero-order valence-electron chi connectivity index (χ0n) is 12.6. The second-order valence-corrected chi connectivity index (χ2v) is 7.65. The maximum absolute atomic E-state index is 12.8. The van der Waals surface area contributed by atoms with Crippen LogP contribution in [0.25, 0.3) is 0 Å². The molecule has 1 aliphatic rings. The number of rotatable bonds is 3. The predicted molar refractivity (Wildman–Crippen MR) is 77.9 cm³/mol. The van der Waals surface area contributed by atoms with Crippen LogP contribution < -0.4 is 5.73 Å². The molecule has 7 heteroatoms. The van der Waals surface area contributed by atoms with Crippen molar-refractivity contribution in [1.29, 1.82) is 0 Å². The van der Waals surface area contributed by atoms with Crippen molar-refractivity contribution >= 4 is 10.0 Å². The largest absolute Gasteiger partial charge is 0.328 e. The molecular weight excluding hydrogens is 276 g/mol. The lowest BCUT2D eigenvalue weighted by Gasteiger charge is -2.32. The van der Waals surface area contributed by atoms with Crippen LogP contribution in [0.5, 0.6) is 0 Å². The Morgan fingerprint density at radius 1 is 1.25 bits per heavy atom. The molecule has 0 spiro atoms. The second-order valence-electron chi connectivity index (χ2n) is 5.71. The summed E-state index contributed by atoms with van der Waals surface area (Å²) in [5.74, 6) is 0. The molecule has 0 saturated heterocycles. The lowest BCUT2D eigenvalue weighted by atomic mass is 9.92. The number of hydrogen-bond donors (Lipinski definition) is 1. The minimum absolute atomic E-state index is 0.0406. The van der Waals surface area contributed by atoms with Crippen LogP contribution in [0.15, 0.2) is 4.90 Å². The van der Waals surface area contributed by atoms with Crippen LogP contribution in [0, 0.1) is 13.8 Å². The Morgan fingerprint density at radius 2 is 1.80 bits per heavy atom. The van der Waals surface area contributed by atoms with Crippen molar-refractivity contribution in [2.45, 2.75) is 56.5 Å². The first-order chi connectivity index (χ1) is 9.25. The number of hydrogen-bond acceptors (Lipinski definition) is 4. The van der Waals surface area contributed by atoms with Crippen molar-refractivity contribution in [2.75, 3.05) is 7.05 Å². The minimum Gasteiger partial charge on any atom is -0.328 e. The van der Waals surface area contributed by atoms with Crippen molar-refractivity contribution in [1.82, 2.24) is 14.1 Å². The Labute approximate surface area is 121 Å². The Bertz CT molecular complexity index is 586. The summed E-state index contributed by atoms with van der Waals surface area (Å²) in [6, 6.07) is 0.253. The van der Waals surface area contributed by atoms with Crippen molar-refractivity contribution < 1.29 is 8.42 Å². The normalized spacial score (nSPS) is 24.3. The van der Waals surface area contributed by atoms with E-state index in [4.69, 9.17) is 5.73 Å². The fourth-order valence-electron chi connectivity index (χ4n) is 2.93. The Kier molecular flexibility index (Phi) is 4.22. The van der Waals surface area contributed by atoms with Crippen LogP contribution in [-0.2, 0) is 17.1 Å². The van der Waals surface area contributed by atoms with Crippen molar-refractivity contribution in [3.8, 4) is 0 Å². The van der Waals surface area contributed by atoms with Crippen LogP contribution in [0.1, 0.15) is 37.1 Å². The molecule has 1 aliphatic carbocycles. The zero-order chi connectivity index (χ0) is 15.1. The van der Waals surface area contributed by atoms with Gasteiger partial charge in [-0.2, -0.15) is 9.40 Å². The summed E-state index contributed by atoms with van der Waals surface area (Å²) in [5.41, 5.74) is 7.13. The number of nitrogens with zero attached hydrogens (tertiary/aromatic N) is 3. The molecule has 6 nitrogen and oxygen atoms in total. The molecule has 1 aromatic rings. The van der Waals surface area contributed by atoms with Gasteiger partial charge in [0.25, 0.3) is 0 Å². The van der Waals surface area contributed by atoms with E-state index in [9.17, 15) is 8.42 Å². The van der Waals surface area contributed by atoms with Gasteiger partial charge < -0.3 is 5.73 Å². The summed E-state index contributed by atoms with van der Waals surface area (Å²) in [6.45, 7) is 3.53. The molecule has 20 heavy (non-hydrogen) atoms. The molecule has 2 rings (SSSR count). The number of sulfonamides is 1. The van der Waals surface area contributed by atoms with Gasteiger partial charge in [0.05, 0.1) is 11.4 Å². The third kappa shape index (κ3) is 2.62. The van der Waals surface area contributed by atoms with Gasteiger partial charge in [0.2, 0.25) is 10.0 Å². The average molecular weight is 300 g/mol. The standard InChI is InChI=1S/C13H24N4O2S/c1-9-13(10(2)16(3)15-9)20(18,19)17(4)12-7-5-11(14)6-8-12/h11-12H,5-8,14H2,1-4H3. The first kappa shape index (κ1) is 15.5. The summed E-state index contributed by atoms with van der Waals surface area (Å²) in [5, 5.41) is 4.21. The molecule has 0 amide bonds. The van der Waals surface area contributed by atoms with Gasteiger partial charge in [-0.05, 0) is 39.5 Å². The van der Waals surface area contributed by atoms with E-state index in [1.54, 1.807) is 32.6 Å². The molecule has 0 radical (unpaired) electrons. The van der Waals surface area contributed by atoms with Crippen LogP contribution in [-0.4, -0.2) is 41.6 Å². The monoisotopic (exact) mass is 300 g/mol. The van der Waals surface area contributed by atoms with Crippen LogP contribution in [0.3, 0.4) is 0 Å². The third-order valence-electron chi connectivity index (χ3n) is 4.34. The molecule has 1 aromatic heterocycles. The number of nitrogens with two attached hydrogens (primary N) is 1. The predicted octanol–water partition coefficient (Wildman–Crippen LogP) is 0.927. The molecule has 0 aliphatic heterocycles. The highest BCUT2D eigenvalue weighted by atomic mass is 32.2. The molecule has 1 fully saturated rings. The fourth-order valence-corrected chi connectivity index (χ4v) is 4.74. The highest BCUT2D eigenvalue weighted by Crippen LogP contribution is 2.28. The number of aryl methyl sites for hydroxylation is 2. The van der Waals surface area contributed by atoms with Crippen molar-refractivity contribution in [2.24, 2.45) is 12.8 Å². The van der Waals surface area contributed by atoms with Gasteiger partial charge >= 0.3 is 0 Å². The maximum atomic E-state index is 12.8. The average Bonchev–Trinajstić information content (AvgIpc) is 2.63. The molecule has 0 unspecified atom stereocenters. The summed E-state index contributed by atoms with van der Waals surface area (Å²) < 4.78 is 28.7. The van der Waals surface area contributed by atoms with Crippen LogP contribution >= 0.6 is 0 Å². The van der Waals surface area contributed by atoms with Crippen molar-refractivity contribution in [3.63, 3.8) is 0 Å². The lowest BCUT2D eigenvalue weighted by molar-refractivity contribution is 0.268. The van der Waals surface area contributed by atoms with E-state index >= 15 is 0 Å². The van der Waals surface area contributed by atoms with E-state index < -0.39 is 10.0 Å². The van der Waals surface area contributed by atoms with Gasteiger partial charge in [0.15, 0.2) is 0 Å². The quantitative estimate of drug-likeness (QED) is 0.900. The first-order valence-electron chi connectivity index (χ1n) is 6.99. The summed E-state index contributed by atoms with van der Waals surface area (Å²) in [4.78, 5) is 0.345. The van der Waals surface area contributed by atoms with E-state index in [1.807, 2.05) is 0 Å². The Morgan fingerprint density at radius 3 is 2.25 bits per heavy atom. The van der Waals surface area contributed by atoms with E-state index in [0.29, 0.717) is 16.3 Å². The van der Waals surface area contributed by atoms with Crippen LogP contribution in [0.2, 0.25) is 0 Å². The van der Waals surface area contributed by atoms with Crippen LogP contribution in [0.4, 0.5) is 0 Å². The Hall–Kier alpha value is -0.920. The van der Waals surface area contributed by atoms with Gasteiger partial charge in [-0.25, -0.2) is 8.42 Å². The molecule has 1 heterocycles. The molecule has 2 N–H and O–H groups in total. The lowest BCUT2D eigenvalue weighted by Crippen LogP contribution is -2.42. The molecule has 1 saturated carbocycles. The minimum atomic E-state index is -3.49.